The number of rotatable bonds is 4. The Morgan fingerprint density at radius 1 is 1.38 bits per heavy atom. The van der Waals surface area contributed by atoms with E-state index >= 15 is 0 Å². The van der Waals surface area contributed by atoms with E-state index in [0.29, 0.717) is 6.61 Å². The van der Waals surface area contributed by atoms with Gasteiger partial charge in [-0.05, 0) is 51.5 Å². The van der Waals surface area contributed by atoms with Crippen LogP contribution in [0.3, 0.4) is 0 Å². The maximum atomic E-state index is 9.12. The molecule has 1 N–H and O–H groups in total. The highest BCUT2D eigenvalue weighted by Gasteiger charge is 2.55. The standard InChI is InChI=1S/C20H29NO3/c1-19(2,23-12-11-22)17-13-20-9-5-3-7-15(20)14-21-10-6-4-8-16(21)18(20)24-17/h6,10,14,17,22H,3-5,7-9,11-13H2,1-2H3. The number of ether oxygens (including phenoxy) is 2. The van der Waals surface area contributed by atoms with Crippen LogP contribution in [0.4, 0.5) is 0 Å². The van der Waals surface area contributed by atoms with Crippen LogP contribution in [-0.4, -0.2) is 34.9 Å². The fourth-order valence-corrected chi connectivity index (χ4v) is 4.81. The minimum Gasteiger partial charge on any atom is -0.489 e. The monoisotopic (exact) mass is 331 g/mol. The van der Waals surface area contributed by atoms with Gasteiger partial charge >= 0.3 is 0 Å². The molecule has 3 aliphatic heterocycles. The predicted molar refractivity (Wildman–Crippen MR) is 92.8 cm³/mol. The normalized spacial score (nSPS) is 32.0. The van der Waals surface area contributed by atoms with Crippen LogP contribution in [0, 0.1) is 5.41 Å². The highest BCUT2D eigenvalue weighted by atomic mass is 16.6. The number of hydrogen-bond acceptors (Lipinski definition) is 4. The summed E-state index contributed by atoms with van der Waals surface area (Å²) in [4.78, 5) is 2.29. The van der Waals surface area contributed by atoms with Crippen LogP contribution in [0.1, 0.15) is 58.8 Å². The van der Waals surface area contributed by atoms with Gasteiger partial charge in [0.05, 0.1) is 29.9 Å². The molecular weight excluding hydrogens is 302 g/mol. The van der Waals surface area contributed by atoms with Crippen LogP contribution in [0.2, 0.25) is 0 Å². The van der Waals surface area contributed by atoms with Gasteiger partial charge in [0.15, 0.2) is 0 Å². The highest BCUT2D eigenvalue weighted by molar-refractivity contribution is 5.41. The summed E-state index contributed by atoms with van der Waals surface area (Å²) in [6.07, 6.45) is 14.9. The van der Waals surface area contributed by atoms with Crippen molar-refractivity contribution < 1.29 is 14.6 Å². The van der Waals surface area contributed by atoms with E-state index in [2.05, 4.69) is 37.2 Å². The molecule has 0 aromatic carbocycles. The van der Waals surface area contributed by atoms with Gasteiger partial charge in [-0.1, -0.05) is 12.5 Å². The zero-order chi connectivity index (χ0) is 16.8. The van der Waals surface area contributed by atoms with Gasteiger partial charge in [-0.15, -0.1) is 0 Å². The van der Waals surface area contributed by atoms with Crippen molar-refractivity contribution in [1.82, 2.24) is 4.90 Å². The molecule has 4 heteroatoms. The van der Waals surface area contributed by atoms with Gasteiger partial charge in [-0.2, -0.15) is 0 Å². The molecule has 4 nitrogen and oxygen atoms in total. The molecule has 3 heterocycles. The Hall–Kier alpha value is -1.26. The summed E-state index contributed by atoms with van der Waals surface area (Å²) >= 11 is 0. The van der Waals surface area contributed by atoms with Crippen LogP contribution in [0.5, 0.6) is 0 Å². The van der Waals surface area contributed by atoms with Crippen LogP contribution in [0.15, 0.2) is 35.5 Å². The Kier molecular flexibility index (Phi) is 4.00. The second kappa shape index (κ2) is 5.92. The smallest absolute Gasteiger partial charge is 0.128 e. The number of aliphatic hydroxyl groups is 1. The fraction of sp³-hybridized carbons (Fsp3) is 0.700. The molecule has 0 aromatic heterocycles. The molecule has 132 valence electrons. The predicted octanol–water partition coefficient (Wildman–Crippen LogP) is 3.84. The van der Waals surface area contributed by atoms with Crippen molar-refractivity contribution in [2.24, 2.45) is 5.41 Å². The Labute approximate surface area is 144 Å². The average molecular weight is 331 g/mol. The van der Waals surface area contributed by atoms with Crippen LogP contribution in [-0.2, 0) is 9.47 Å². The Balaban J connectivity index is 1.71. The van der Waals surface area contributed by atoms with Crippen molar-refractivity contribution in [3.05, 3.63) is 35.5 Å². The summed E-state index contributed by atoms with van der Waals surface area (Å²) in [5, 5.41) is 9.12. The summed E-state index contributed by atoms with van der Waals surface area (Å²) in [7, 11) is 0. The van der Waals surface area contributed by atoms with Gasteiger partial charge in [0, 0.05) is 18.8 Å². The molecule has 4 aliphatic rings. The summed E-state index contributed by atoms with van der Waals surface area (Å²) in [6, 6.07) is 0. The van der Waals surface area contributed by atoms with Gasteiger partial charge in [-0.3, -0.25) is 0 Å². The lowest BCUT2D eigenvalue weighted by molar-refractivity contribution is -0.105. The van der Waals surface area contributed by atoms with Crippen molar-refractivity contribution in [1.29, 1.82) is 0 Å². The molecule has 2 unspecified atom stereocenters. The first-order chi connectivity index (χ1) is 11.6. The van der Waals surface area contributed by atoms with Crippen molar-refractivity contribution in [2.45, 2.75) is 70.5 Å². The van der Waals surface area contributed by atoms with Crippen molar-refractivity contribution in [3.8, 4) is 0 Å². The molecule has 0 aromatic rings. The number of aliphatic hydroxyl groups excluding tert-OH is 1. The third kappa shape index (κ3) is 2.42. The summed E-state index contributed by atoms with van der Waals surface area (Å²) in [5.41, 5.74) is 2.60. The van der Waals surface area contributed by atoms with Gasteiger partial charge in [-0.25, -0.2) is 0 Å². The molecule has 0 bridgehead atoms. The number of allylic oxidation sites excluding steroid dienone is 3. The van der Waals surface area contributed by atoms with E-state index in [4.69, 9.17) is 14.6 Å². The first kappa shape index (κ1) is 16.2. The molecule has 2 atom stereocenters. The molecule has 1 aliphatic carbocycles. The lowest BCUT2D eigenvalue weighted by Crippen LogP contribution is -2.40. The van der Waals surface area contributed by atoms with Gasteiger partial charge in [0.1, 0.15) is 11.9 Å². The van der Waals surface area contributed by atoms with E-state index in [-0.39, 0.29) is 23.7 Å². The average Bonchev–Trinajstić information content (AvgIpc) is 2.99. The Morgan fingerprint density at radius 3 is 3.08 bits per heavy atom. The second-order valence-electron chi connectivity index (χ2n) is 8.04. The topological polar surface area (TPSA) is 41.9 Å². The lowest BCUT2D eigenvalue weighted by Gasteiger charge is -2.43. The van der Waals surface area contributed by atoms with E-state index < -0.39 is 0 Å². The molecule has 0 radical (unpaired) electrons. The van der Waals surface area contributed by atoms with Crippen LogP contribution < -0.4 is 0 Å². The Bertz CT molecular complexity index is 604. The van der Waals surface area contributed by atoms with E-state index in [0.717, 1.165) is 19.3 Å². The second-order valence-corrected chi connectivity index (χ2v) is 8.04. The van der Waals surface area contributed by atoms with E-state index in [9.17, 15) is 0 Å². The van der Waals surface area contributed by atoms with Crippen molar-refractivity contribution >= 4 is 0 Å². The number of fused-ring (bicyclic) bond motifs is 1. The fourth-order valence-electron chi connectivity index (χ4n) is 4.81. The first-order valence-electron chi connectivity index (χ1n) is 9.38. The van der Waals surface area contributed by atoms with Crippen molar-refractivity contribution in [3.63, 3.8) is 0 Å². The van der Waals surface area contributed by atoms with Gasteiger partial charge in [0.2, 0.25) is 0 Å². The van der Waals surface area contributed by atoms with E-state index in [1.54, 1.807) is 5.57 Å². The number of nitrogens with zero attached hydrogens (tertiary/aromatic N) is 1. The molecule has 0 amide bonds. The zero-order valence-electron chi connectivity index (χ0n) is 14.9. The molecule has 24 heavy (non-hydrogen) atoms. The van der Waals surface area contributed by atoms with Crippen molar-refractivity contribution in [2.75, 3.05) is 13.2 Å². The lowest BCUT2D eigenvalue weighted by atomic mass is 9.65. The summed E-state index contributed by atoms with van der Waals surface area (Å²) in [5.74, 6) is 1.22. The molecule has 4 rings (SSSR count). The van der Waals surface area contributed by atoms with Gasteiger partial charge in [0.25, 0.3) is 0 Å². The van der Waals surface area contributed by atoms with E-state index in [1.807, 2.05) is 0 Å². The highest BCUT2D eigenvalue weighted by Crippen LogP contribution is 2.60. The maximum absolute atomic E-state index is 9.12. The van der Waals surface area contributed by atoms with Crippen LogP contribution in [0.25, 0.3) is 0 Å². The summed E-state index contributed by atoms with van der Waals surface area (Å²) < 4.78 is 12.5. The van der Waals surface area contributed by atoms with E-state index in [1.165, 1.54) is 37.1 Å². The minimum atomic E-state index is -0.389. The number of hydrogen-bond donors (Lipinski definition) is 1. The minimum absolute atomic E-state index is 0.0407. The largest absolute Gasteiger partial charge is 0.489 e. The third-order valence-electron chi connectivity index (χ3n) is 6.17. The molecule has 1 spiro atoms. The first-order valence-corrected chi connectivity index (χ1v) is 9.38. The van der Waals surface area contributed by atoms with Gasteiger partial charge < -0.3 is 19.5 Å². The third-order valence-corrected chi connectivity index (χ3v) is 6.17. The quantitative estimate of drug-likeness (QED) is 0.850. The molecule has 1 saturated carbocycles. The zero-order valence-corrected chi connectivity index (χ0v) is 14.9. The van der Waals surface area contributed by atoms with Crippen LogP contribution >= 0.6 is 0 Å². The SMILES string of the molecule is CC(C)(OCCO)C1CC23CCCCC2=CN2C=CCCC2=C3O1. The maximum Gasteiger partial charge on any atom is 0.128 e. The summed E-state index contributed by atoms with van der Waals surface area (Å²) in [6.45, 7) is 4.61. The molecular formula is C20H29NO3. The molecule has 2 fully saturated rings. The Morgan fingerprint density at radius 2 is 2.25 bits per heavy atom. The molecule has 1 saturated heterocycles.